The third-order valence-corrected chi connectivity index (χ3v) is 4.97. The standard InChI is InChI=1S/C16H26N2O3/c1-10-6-5-7-18(10)14(19)13-11-8-17(9-12(11)13)15(20)21-16(2,3)4/h10-13H,5-9H2,1-4H3/t10-,11-,12+,13?/m0/s1. The van der Waals surface area contributed by atoms with Gasteiger partial charge < -0.3 is 14.5 Å². The van der Waals surface area contributed by atoms with Crippen LogP contribution in [0.2, 0.25) is 0 Å². The molecule has 0 radical (unpaired) electrons. The van der Waals surface area contributed by atoms with Crippen molar-refractivity contribution in [2.24, 2.45) is 17.8 Å². The summed E-state index contributed by atoms with van der Waals surface area (Å²) < 4.78 is 5.39. The summed E-state index contributed by atoms with van der Waals surface area (Å²) in [6, 6.07) is 0.390. The van der Waals surface area contributed by atoms with Crippen molar-refractivity contribution in [2.45, 2.75) is 52.2 Å². The quantitative estimate of drug-likeness (QED) is 0.744. The van der Waals surface area contributed by atoms with Crippen LogP contribution >= 0.6 is 0 Å². The number of amides is 2. The first-order valence-corrected chi connectivity index (χ1v) is 8.06. The van der Waals surface area contributed by atoms with Crippen molar-refractivity contribution in [1.29, 1.82) is 0 Å². The molecule has 0 spiro atoms. The lowest BCUT2D eigenvalue weighted by Gasteiger charge is -2.27. The molecule has 2 heterocycles. The molecule has 0 aromatic heterocycles. The summed E-state index contributed by atoms with van der Waals surface area (Å²) in [5.41, 5.74) is -0.454. The first kappa shape index (κ1) is 14.7. The summed E-state index contributed by atoms with van der Waals surface area (Å²) >= 11 is 0. The van der Waals surface area contributed by atoms with Crippen LogP contribution in [0.15, 0.2) is 0 Å². The first-order valence-electron chi connectivity index (χ1n) is 8.06. The molecule has 118 valence electrons. The minimum Gasteiger partial charge on any atom is -0.444 e. The maximum Gasteiger partial charge on any atom is 0.410 e. The summed E-state index contributed by atoms with van der Waals surface area (Å²) in [6.45, 7) is 10.0. The molecule has 2 aliphatic heterocycles. The molecule has 0 aromatic rings. The second-order valence-electron chi connectivity index (χ2n) is 7.76. The number of hydrogen-bond donors (Lipinski definition) is 0. The van der Waals surface area contributed by atoms with E-state index in [1.807, 2.05) is 25.7 Å². The first-order chi connectivity index (χ1) is 9.78. The van der Waals surface area contributed by atoms with Crippen molar-refractivity contribution >= 4 is 12.0 Å². The van der Waals surface area contributed by atoms with Gasteiger partial charge >= 0.3 is 6.09 Å². The van der Waals surface area contributed by atoms with Gasteiger partial charge in [0, 0.05) is 31.6 Å². The van der Waals surface area contributed by atoms with E-state index in [1.165, 1.54) is 0 Å². The lowest BCUT2D eigenvalue weighted by molar-refractivity contribution is -0.134. The molecule has 21 heavy (non-hydrogen) atoms. The van der Waals surface area contributed by atoms with Gasteiger partial charge in [-0.05, 0) is 52.4 Å². The lowest BCUT2D eigenvalue weighted by Crippen LogP contribution is -2.40. The van der Waals surface area contributed by atoms with Crippen LogP contribution in [0.3, 0.4) is 0 Å². The van der Waals surface area contributed by atoms with Crippen molar-refractivity contribution in [3.05, 3.63) is 0 Å². The summed E-state index contributed by atoms with van der Waals surface area (Å²) in [5, 5.41) is 0. The number of ether oxygens (including phenoxy) is 1. The van der Waals surface area contributed by atoms with Gasteiger partial charge in [-0.3, -0.25) is 4.79 Å². The molecule has 1 unspecified atom stereocenters. The molecular weight excluding hydrogens is 268 g/mol. The molecule has 0 aromatic carbocycles. The number of carbonyl (C=O) groups excluding carboxylic acids is 2. The second-order valence-corrected chi connectivity index (χ2v) is 7.76. The second kappa shape index (κ2) is 4.89. The zero-order valence-electron chi connectivity index (χ0n) is 13.5. The molecule has 1 saturated carbocycles. The Bertz CT molecular complexity index is 445. The predicted molar refractivity (Wildman–Crippen MR) is 78.7 cm³/mol. The number of fused-ring (bicyclic) bond motifs is 1. The molecule has 5 heteroatoms. The molecule has 1 aliphatic carbocycles. The van der Waals surface area contributed by atoms with Crippen LogP contribution in [0.1, 0.15) is 40.5 Å². The number of rotatable bonds is 1. The van der Waals surface area contributed by atoms with Crippen molar-refractivity contribution in [2.75, 3.05) is 19.6 Å². The Hall–Kier alpha value is -1.26. The molecule has 0 N–H and O–H groups in total. The number of piperidine rings is 1. The fourth-order valence-corrected chi connectivity index (χ4v) is 3.82. The number of likely N-dealkylation sites (tertiary alicyclic amines) is 2. The van der Waals surface area contributed by atoms with E-state index in [-0.39, 0.29) is 12.0 Å². The molecule has 3 aliphatic rings. The minimum atomic E-state index is -0.454. The molecule has 5 nitrogen and oxygen atoms in total. The van der Waals surface area contributed by atoms with E-state index in [4.69, 9.17) is 4.74 Å². The summed E-state index contributed by atoms with van der Waals surface area (Å²) in [5.74, 6) is 1.19. The van der Waals surface area contributed by atoms with Gasteiger partial charge in [0.05, 0.1) is 0 Å². The normalized spacial score (nSPS) is 34.9. The zero-order valence-corrected chi connectivity index (χ0v) is 13.5. The van der Waals surface area contributed by atoms with Gasteiger partial charge in [0.25, 0.3) is 0 Å². The van der Waals surface area contributed by atoms with Gasteiger partial charge in [0.2, 0.25) is 5.91 Å². The van der Waals surface area contributed by atoms with Crippen LogP contribution in [0, 0.1) is 17.8 Å². The summed E-state index contributed by atoms with van der Waals surface area (Å²) in [7, 11) is 0. The van der Waals surface area contributed by atoms with Crippen LogP contribution in [0.4, 0.5) is 4.79 Å². The largest absolute Gasteiger partial charge is 0.444 e. The Kier molecular flexibility index (Phi) is 3.41. The molecule has 0 bridgehead atoms. The van der Waals surface area contributed by atoms with Crippen molar-refractivity contribution in [1.82, 2.24) is 9.80 Å². The maximum atomic E-state index is 12.5. The smallest absolute Gasteiger partial charge is 0.410 e. The highest BCUT2D eigenvalue weighted by molar-refractivity contribution is 5.84. The lowest BCUT2D eigenvalue weighted by atomic mass is 10.2. The van der Waals surface area contributed by atoms with Crippen molar-refractivity contribution < 1.29 is 14.3 Å². The Balaban J connectivity index is 1.52. The Morgan fingerprint density at radius 3 is 2.24 bits per heavy atom. The van der Waals surface area contributed by atoms with Crippen LogP contribution < -0.4 is 0 Å². The minimum absolute atomic E-state index is 0.157. The van der Waals surface area contributed by atoms with Gasteiger partial charge in [-0.15, -0.1) is 0 Å². The van der Waals surface area contributed by atoms with Crippen LogP contribution in [0.25, 0.3) is 0 Å². The molecule has 2 amide bonds. The predicted octanol–water partition coefficient (Wildman–Crippen LogP) is 2.11. The highest BCUT2D eigenvalue weighted by atomic mass is 16.6. The monoisotopic (exact) mass is 294 g/mol. The Labute approximate surface area is 126 Å². The third-order valence-electron chi connectivity index (χ3n) is 4.97. The van der Waals surface area contributed by atoms with Gasteiger partial charge in [0.15, 0.2) is 0 Å². The average Bonchev–Trinajstić information content (AvgIpc) is 2.75. The molecular formula is C16H26N2O3. The highest BCUT2D eigenvalue weighted by Gasteiger charge is 2.61. The summed E-state index contributed by atoms with van der Waals surface area (Å²) in [4.78, 5) is 28.4. The SMILES string of the molecule is C[C@H]1CCCN1C(=O)C1[C@H]2CN(C(=O)OC(C)(C)C)C[C@@H]12. The van der Waals surface area contributed by atoms with Crippen LogP contribution in [0.5, 0.6) is 0 Å². The van der Waals surface area contributed by atoms with Gasteiger partial charge in [0.1, 0.15) is 5.60 Å². The molecule has 3 rings (SSSR count). The zero-order chi connectivity index (χ0) is 15.4. The Morgan fingerprint density at radius 2 is 1.76 bits per heavy atom. The topological polar surface area (TPSA) is 49.9 Å². The van der Waals surface area contributed by atoms with Gasteiger partial charge in [-0.2, -0.15) is 0 Å². The average molecular weight is 294 g/mol. The van der Waals surface area contributed by atoms with E-state index < -0.39 is 5.60 Å². The number of nitrogens with zero attached hydrogens (tertiary/aromatic N) is 2. The van der Waals surface area contributed by atoms with E-state index in [0.29, 0.717) is 36.9 Å². The maximum absolute atomic E-state index is 12.5. The van der Waals surface area contributed by atoms with E-state index >= 15 is 0 Å². The van der Waals surface area contributed by atoms with Crippen molar-refractivity contribution in [3.63, 3.8) is 0 Å². The molecule has 4 atom stereocenters. The van der Waals surface area contributed by atoms with Crippen LogP contribution in [-0.4, -0.2) is 53.1 Å². The molecule has 2 saturated heterocycles. The van der Waals surface area contributed by atoms with Gasteiger partial charge in [-0.1, -0.05) is 0 Å². The van der Waals surface area contributed by atoms with E-state index in [0.717, 1.165) is 19.4 Å². The van der Waals surface area contributed by atoms with E-state index in [1.54, 1.807) is 4.90 Å². The van der Waals surface area contributed by atoms with E-state index in [2.05, 4.69) is 6.92 Å². The fourth-order valence-electron chi connectivity index (χ4n) is 3.82. The number of hydrogen-bond acceptors (Lipinski definition) is 3. The van der Waals surface area contributed by atoms with Crippen LogP contribution in [-0.2, 0) is 9.53 Å². The Morgan fingerprint density at radius 1 is 1.14 bits per heavy atom. The van der Waals surface area contributed by atoms with Crippen molar-refractivity contribution in [3.8, 4) is 0 Å². The van der Waals surface area contributed by atoms with Gasteiger partial charge in [-0.25, -0.2) is 4.79 Å². The summed E-state index contributed by atoms with van der Waals surface area (Å²) in [6.07, 6.45) is 2.01. The highest BCUT2D eigenvalue weighted by Crippen LogP contribution is 2.53. The number of carbonyl (C=O) groups is 2. The fraction of sp³-hybridized carbons (Fsp3) is 0.875. The molecule has 3 fully saturated rings. The van der Waals surface area contributed by atoms with E-state index in [9.17, 15) is 9.59 Å². The third kappa shape index (κ3) is 2.74.